The van der Waals surface area contributed by atoms with Crippen LogP contribution >= 0.6 is 0 Å². The predicted molar refractivity (Wildman–Crippen MR) is 151 cm³/mol. The zero-order chi connectivity index (χ0) is 28.2. The van der Waals surface area contributed by atoms with Gasteiger partial charge in [-0.2, -0.15) is 0 Å². The third kappa shape index (κ3) is 5.58. The number of carbonyl (C=O) groups excluding carboxylic acids is 1. The summed E-state index contributed by atoms with van der Waals surface area (Å²) in [5, 5.41) is 18.7. The average molecular weight is 534 g/mol. The van der Waals surface area contributed by atoms with E-state index >= 15 is 0 Å². The number of carbonyl (C=O) groups is 3. The first-order valence-corrected chi connectivity index (χ1v) is 12.1. The highest BCUT2D eigenvalue weighted by Crippen LogP contribution is 2.34. The number of carboxylic acids is 2. The molecule has 0 aliphatic carbocycles. The largest absolute Gasteiger partial charge is 0.478 e. The van der Waals surface area contributed by atoms with Gasteiger partial charge in [0.1, 0.15) is 0 Å². The number of rotatable bonds is 8. The quantitative estimate of drug-likeness (QED) is 0.144. The Labute approximate surface area is 228 Å². The van der Waals surface area contributed by atoms with Crippen molar-refractivity contribution in [3.8, 4) is 34.0 Å². The number of benzene rings is 3. The molecule has 40 heavy (non-hydrogen) atoms. The smallest absolute Gasteiger partial charge is 0.337 e. The van der Waals surface area contributed by atoms with Gasteiger partial charge in [-0.1, -0.05) is 54.6 Å². The van der Waals surface area contributed by atoms with Crippen molar-refractivity contribution in [3.05, 3.63) is 102 Å². The van der Waals surface area contributed by atoms with Gasteiger partial charge in [0, 0.05) is 34.2 Å². The van der Waals surface area contributed by atoms with Crippen molar-refractivity contribution in [3.63, 3.8) is 0 Å². The molecule has 2 aromatic heterocycles. The third-order valence-electron chi connectivity index (χ3n) is 6.22. The van der Waals surface area contributed by atoms with E-state index in [0.29, 0.717) is 22.8 Å². The van der Waals surface area contributed by atoms with Crippen molar-refractivity contribution in [1.29, 1.82) is 0 Å². The number of aromatic amines is 2. The summed E-state index contributed by atoms with van der Waals surface area (Å²) in [6.45, 7) is 0. The Morgan fingerprint density at radius 2 is 1.38 bits per heavy atom. The maximum Gasteiger partial charge on any atom is 0.337 e. The van der Waals surface area contributed by atoms with Crippen molar-refractivity contribution >= 4 is 41.0 Å². The SMILES string of the molecule is COC(=O)c1ccc2cc(-c3nc(-c4ccc(/C=C/C(=O)O)cc4)c(-c4ccc(/C=C/C(=O)O)cc4)[nH]3)[nH]c2c1. The van der Waals surface area contributed by atoms with E-state index in [1.165, 1.54) is 19.3 Å². The second kappa shape index (κ2) is 11.0. The minimum atomic E-state index is -1.03. The molecule has 0 fully saturated rings. The number of aliphatic carboxylic acids is 2. The number of ether oxygens (including phenoxy) is 1. The molecular weight excluding hydrogens is 510 g/mol. The Morgan fingerprint density at radius 3 is 1.95 bits per heavy atom. The van der Waals surface area contributed by atoms with Crippen LogP contribution in [0, 0.1) is 0 Å². The minimum absolute atomic E-state index is 0.427. The summed E-state index contributed by atoms with van der Waals surface area (Å²) in [5.41, 5.74) is 6.42. The Kier molecular flexibility index (Phi) is 7.10. The molecule has 0 unspecified atom stereocenters. The van der Waals surface area contributed by atoms with E-state index in [4.69, 9.17) is 19.9 Å². The van der Waals surface area contributed by atoms with Gasteiger partial charge in [0.25, 0.3) is 0 Å². The van der Waals surface area contributed by atoms with Crippen LogP contribution in [0.1, 0.15) is 21.5 Å². The Morgan fingerprint density at radius 1 is 0.775 bits per heavy atom. The van der Waals surface area contributed by atoms with Gasteiger partial charge in [-0.25, -0.2) is 19.4 Å². The fourth-order valence-electron chi connectivity index (χ4n) is 4.27. The predicted octanol–water partition coefficient (Wildman–Crippen LogP) is 5.87. The summed E-state index contributed by atoms with van der Waals surface area (Å²) in [4.78, 5) is 45.3. The summed E-state index contributed by atoms with van der Waals surface area (Å²) in [6, 6.07) is 21.9. The van der Waals surface area contributed by atoms with Crippen LogP contribution in [0.25, 0.3) is 57.1 Å². The van der Waals surface area contributed by atoms with Crippen LogP contribution < -0.4 is 0 Å². The normalized spacial score (nSPS) is 11.4. The van der Waals surface area contributed by atoms with Crippen LogP contribution in [0.3, 0.4) is 0 Å². The molecular formula is C31H23N3O6. The highest BCUT2D eigenvalue weighted by Gasteiger charge is 2.17. The summed E-state index contributed by atoms with van der Waals surface area (Å²) in [5.74, 6) is -1.90. The standard InChI is InChI=1S/C31H23N3O6/c1-40-31(39)23-13-12-22-16-25(32-24(22)17-23)30-33-28(20-8-2-18(3-9-20)6-14-26(35)36)29(34-30)21-10-4-19(5-11-21)7-15-27(37)38/h2-17,32H,1H3,(H,33,34)(H,35,36)(H,37,38)/b14-6+,15-7+. The number of H-pyrrole nitrogens is 2. The van der Waals surface area contributed by atoms with Crippen LogP contribution in [0.15, 0.2) is 84.9 Å². The summed E-state index contributed by atoms with van der Waals surface area (Å²) in [6.07, 6.45) is 5.19. The lowest BCUT2D eigenvalue weighted by atomic mass is 10.0. The van der Waals surface area contributed by atoms with Gasteiger partial charge in [0.05, 0.1) is 29.8 Å². The van der Waals surface area contributed by atoms with Gasteiger partial charge in [0.2, 0.25) is 0 Å². The minimum Gasteiger partial charge on any atom is -0.478 e. The molecule has 9 heteroatoms. The second-order valence-corrected chi connectivity index (χ2v) is 8.87. The number of nitrogens with one attached hydrogen (secondary N) is 2. The number of nitrogens with zero attached hydrogens (tertiary/aromatic N) is 1. The van der Waals surface area contributed by atoms with E-state index < -0.39 is 17.9 Å². The number of fused-ring (bicyclic) bond motifs is 1. The molecule has 0 aliphatic rings. The molecule has 4 N–H and O–H groups in total. The maximum atomic E-state index is 12.0. The molecule has 0 saturated heterocycles. The number of aromatic nitrogens is 3. The molecule has 0 atom stereocenters. The lowest BCUT2D eigenvalue weighted by molar-refractivity contribution is -0.132. The average Bonchev–Trinajstić information content (AvgIpc) is 3.59. The number of imidazole rings is 1. The monoisotopic (exact) mass is 533 g/mol. The number of esters is 1. The molecule has 0 aliphatic heterocycles. The molecule has 0 saturated carbocycles. The summed E-state index contributed by atoms with van der Waals surface area (Å²) < 4.78 is 4.83. The van der Waals surface area contributed by atoms with Gasteiger partial charge in [-0.3, -0.25) is 0 Å². The number of hydrogen-bond donors (Lipinski definition) is 4. The van der Waals surface area contributed by atoms with Crippen molar-refractivity contribution < 1.29 is 29.3 Å². The number of hydrogen-bond acceptors (Lipinski definition) is 5. The zero-order valence-electron chi connectivity index (χ0n) is 21.2. The molecule has 0 radical (unpaired) electrons. The fourth-order valence-corrected chi connectivity index (χ4v) is 4.27. The lowest BCUT2D eigenvalue weighted by Crippen LogP contribution is -2.00. The molecule has 3 aromatic carbocycles. The van der Waals surface area contributed by atoms with Crippen LogP contribution in [0.4, 0.5) is 0 Å². The topological polar surface area (TPSA) is 145 Å². The second-order valence-electron chi connectivity index (χ2n) is 8.87. The molecule has 2 heterocycles. The van der Waals surface area contributed by atoms with Crippen molar-refractivity contribution in [1.82, 2.24) is 15.0 Å². The van der Waals surface area contributed by atoms with Gasteiger partial charge >= 0.3 is 17.9 Å². The van der Waals surface area contributed by atoms with Gasteiger partial charge in [-0.15, -0.1) is 0 Å². The van der Waals surface area contributed by atoms with Gasteiger partial charge in [-0.05, 0) is 41.5 Å². The fraction of sp³-hybridized carbons (Fsp3) is 0.0323. The van der Waals surface area contributed by atoms with Crippen LogP contribution in [0.5, 0.6) is 0 Å². The molecule has 9 nitrogen and oxygen atoms in total. The molecule has 0 amide bonds. The van der Waals surface area contributed by atoms with E-state index in [-0.39, 0.29) is 0 Å². The zero-order valence-corrected chi connectivity index (χ0v) is 21.2. The Balaban J connectivity index is 1.58. The van der Waals surface area contributed by atoms with Gasteiger partial charge in [0.15, 0.2) is 5.82 Å². The van der Waals surface area contributed by atoms with Crippen molar-refractivity contribution in [2.75, 3.05) is 7.11 Å². The first-order valence-electron chi connectivity index (χ1n) is 12.1. The van der Waals surface area contributed by atoms with Gasteiger partial charge < -0.3 is 24.9 Å². The van der Waals surface area contributed by atoms with E-state index in [0.717, 1.165) is 51.0 Å². The summed E-state index contributed by atoms with van der Waals surface area (Å²) >= 11 is 0. The third-order valence-corrected chi connectivity index (χ3v) is 6.22. The van der Waals surface area contributed by atoms with Crippen molar-refractivity contribution in [2.24, 2.45) is 0 Å². The molecule has 5 rings (SSSR count). The number of methoxy groups -OCH3 is 1. The number of carboxylic acid groups (broad SMARTS) is 2. The molecule has 0 bridgehead atoms. The van der Waals surface area contributed by atoms with E-state index in [9.17, 15) is 14.4 Å². The van der Waals surface area contributed by atoms with E-state index in [1.54, 1.807) is 12.1 Å². The van der Waals surface area contributed by atoms with Crippen LogP contribution in [0.2, 0.25) is 0 Å². The Bertz CT molecular complexity index is 1710. The van der Waals surface area contributed by atoms with Crippen molar-refractivity contribution in [2.45, 2.75) is 0 Å². The van der Waals surface area contributed by atoms with Crippen LogP contribution in [-0.4, -0.2) is 50.2 Å². The van der Waals surface area contributed by atoms with Crippen LogP contribution in [-0.2, 0) is 14.3 Å². The maximum absolute atomic E-state index is 12.0. The van der Waals surface area contributed by atoms with E-state index in [1.807, 2.05) is 60.7 Å². The highest BCUT2D eigenvalue weighted by molar-refractivity contribution is 5.96. The first kappa shape index (κ1) is 25.9. The van der Waals surface area contributed by atoms with E-state index in [2.05, 4.69) is 9.97 Å². The molecule has 0 spiro atoms. The Hall–Kier alpha value is -5.70. The molecule has 198 valence electrons. The molecule has 5 aromatic rings. The first-order chi connectivity index (χ1) is 19.3. The summed E-state index contributed by atoms with van der Waals surface area (Å²) in [7, 11) is 1.34. The highest BCUT2D eigenvalue weighted by atomic mass is 16.5. The lowest BCUT2D eigenvalue weighted by Gasteiger charge is -2.05.